The van der Waals surface area contributed by atoms with Crippen LogP contribution < -0.4 is 5.32 Å². The van der Waals surface area contributed by atoms with Crippen molar-refractivity contribution >= 4 is 23.5 Å². The number of carboxylic acids is 1. The highest BCUT2D eigenvalue weighted by Gasteiger charge is 2.37. The maximum absolute atomic E-state index is 12.6. The van der Waals surface area contributed by atoms with Gasteiger partial charge in [0.2, 0.25) is 5.91 Å². The average Bonchev–Trinajstić information content (AvgIpc) is 3.19. The average molecular weight is 755 g/mol. The molecule has 0 spiro atoms. The normalized spacial score (nSPS) is 20.0. The van der Waals surface area contributed by atoms with E-state index < -0.39 is 17.9 Å². The number of amides is 1. The fraction of sp³-hybridized carbons (Fsp3) is 0.409. The predicted molar refractivity (Wildman–Crippen MR) is 209 cm³/mol. The second-order valence-corrected chi connectivity index (χ2v) is 15.0. The van der Waals surface area contributed by atoms with Crippen molar-refractivity contribution < 1.29 is 34.4 Å². The lowest BCUT2D eigenvalue weighted by molar-refractivity contribution is -0.253. The first kappa shape index (κ1) is 39.6. The Morgan fingerprint density at radius 2 is 1.48 bits per heavy atom. The summed E-state index contributed by atoms with van der Waals surface area (Å²) < 4.78 is 13.3. The van der Waals surface area contributed by atoms with Crippen LogP contribution in [0.3, 0.4) is 0 Å². The number of likely N-dealkylation sites (tertiary alicyclic amines) is 1. The predicted octanol–water partition coefficient (Wildman–Crippen LogP) is 8.07. The van der Waals surface area contributed by atoms with Crippen molar-refractivity contribution in [1.82, 2.24) is 10.2 Å². The first-order valence-electron chi connectivity index (χ1n) is 19.1. The van der Waals surface area contributed by atoms with E-state index in [2.05, 4.69) is 28.4 Å². The SMILES string of the molecule is O=C(O)CCCCCCC(=O)NCc1ccccc1-c1ccc(C2OC(CN3CCC(O)(c4ccc(Cl)cc4)CC3)CC(c3ccc(CO)cc3)O2)cc1. The molecule has 1 amide bonds. The number of rotatable bonds is 16. The fourth-order valence-corrected chi connectivity index (χ4v) is 7.57. The summed E-state index contributed by atoms with van der Waals surface area (Å²) in [7, 11) is 0. The highest BCUT2D eigenvalue weighted by Crippen LogP contribution is 2.40. The van der Waals surface area contributed by atoms with Crippen molar-refractivity contribution in [1.29, 1.82) is 0 Å². The molecule has 0 bridgehead atoms. The van der Waals surface area contributed by atoms with E-state index in [4.69, 9.17) is 26.2 Å². The Kier molecular flexibility index (Phi) is 13.9. The maximum Gasteiger partial charge on any atom is 0.303 e. The number of hydrogen-bond donors (Lipinski definition) is 4. The molecule has 0 radical (unpaired) electrons. The van der Waals surface area contributed by atoms with Crippen molar-refractivity contribution in [2.75, 3.05) is 19.6 Å². The number of aliphatic hydroxyl groups is 2. The Morgan fingerprint density at radius 3 is 2.17 bits per heavy atom. The summed E-state index contributed by atoms with van der Waals surface area (Å²) in [6.45, 7) is 2.59. The number of nitrogens with one attached hydrogen (secondary N) is 1. The largest absolute Gasteiger partial charge is 0.481 e. The molecule has 54 heavy (non-hydrogen) atoms. The Hall–Kier alpha value is -4.09. The maximum atomic E-state index is 12.6. The first-order chi connectivity index (χ1) is 26.2. The smallest absolute Gasteiger partial charge is 0.303 e. The number of carboxylic acid groups (broad SMARTS) is 1. The van der Waals surface area contributed by atoms with E-state index in [1.165, 1.54) is 0 Å². The van der Waals surface area contributed by atoms with Gasteiger partial charge in [0.05, 0.1) is 24.4 Å². The van der Waals surface area contributed by atoms with Gasteiger partial charge in [-0.3, -0.25) is 9.59 Å². The third kappa shape index (κ3) is 10.8. The van der Waals surface area contributed by atoms with Crippen molar-refractivity contribution in [3.63, 3.8) is 0 Å². The number of nitrogens with zero attached hydrogens (tertiary/aromatic N) is 1. The number of benzene rings is 4. The molecule has 10 heteroatoms. The van der Waals surface area contributed by atoms with Crippen LogP contribution in [-0.2, 0) is 37.8 Å². The van der Waals surface area contributed by atoms with Gasteiger partial charge in [-0.25, -0.2) is 0 Å². The molecule has 2 heterocycles. The molecule has 3 atom stereocenters. The number of ether oxygens (including phenoxy) is 2. The third-order valence-corrected chi connectivity index (χ3v) is 10.9. The molecular formula is C44H51ClN2O7. The highest BCUT2D eigenvalue weighted by molar-refractivity contribution is 6.30. The van der Waals surface area contributed by atoms with Crippen LogP contribution in [0.4, 0.5) is 0 Å². The van der Waals surface area contributed by atoms with Gasteiger partial charge in [0, 0.05) is 56.0 Å². The lowest BCUT2D eigenvalue weighted by atomic mass is 9.84. The molecule has 2 saturated heterocycles. The third-order valence-electron chi connectivity index (χ3n) is 10.7. The molecule has 286 valence electrons. The molecule has 2 aliphatic rings. The Balaban J connectivity index is 1.10. The van der Waals surface area contributed by atoms with E-state index in [1.54, 1.807) is 0 Å². The Bertz CT molecular complexity index is 1810. The van der Waals surface area contributed by atoms with Gasteiger partial charge in [-0.2, -0.15) is 0 Å². The van der Waals surface area contributed by atoms with E-state index in [0.29, 0.717) is 50.2 Å². The minimum Gasteiger partial charge on any atom is -0.481 e. The lowest BCUT2D eigenvalue weighted by Crippen LogP contribution is -2.46. The molecule has 2 fully saturated rings. The second-order valence-electron chi connectivity index (χ2n) is 14.6. The molecule has 4 aromatic rings. The number of halogens is 1. The molecule has 0 aromatic heterocycles. The molecule has 2 aliphatic heterocycles. The van der Waals surface area contributed by atoms with Crippen LogP contribution in [0, 0.1) is 0 Å². The van der Waals surface area contributed by atoms with Gasteiger partial charge in [-0.15, -0.1) is 0 Å². The number of aliphatic hydroxyl groups excluding tert-OH is 1. The van der Waals surface area contributed by atoms with E-state index >= 15 is 0 Å². The van der Waals surface area contributed by atoms with Crippen molar-refractivity contribution in [3.8, 4) is 11.1 Å². The van der Waals surface area contributed by atoms with E-state index in [1.807, 2.05) is 78.9 Å². The number of hydrogen-bond acceptors (Lipinski definition) is 7. The van der Waals surface area contributed by atoms with Gasteiger partial charge in [0.15, 0.2) is 6.29 Å². The highest BCUT2D eigenvalue weighted by atomic mass is 35.5. The number of piperidine rings is 1. The van der Waals surface area contributed by atoms with E-state index in [9.17, 15) is 19.8 Å². The summed E-state index contributed by atoms with van der Waals surface area (Å²) in [5.74, 6) is -0.793. The molecule has 9 nitrogen and oxygen atoms in total. The minimum atomic E-state index is -0.880. The summed E-state index contributed by atoms with van der Waals surface area (Å²) in [5.41, 5.74) is 5.88. The number of carbonyl (C=O) groups excluding carboxylic acids is 1. The topological polar surface area (TPSA) is 129 Å². The quantitative estimate of drug-likeness (QED) is 0.0846. The fourth-order valence-electron chi connectivity index (χ4n) is 7.45. The van der Waals surface area contributed by atoms with Crippen LogP contribution in [0.2, 0.25) is 5.02 Å². The minimum absolute atomic E-state index is 0.0121. The van der Waals surface area contributed by atoms with Crippen LogP contribution in [0.25, 0.3) is 11.1 Å². The molecule has 4 aromatic carbocycles. The zero-order valence-corrected chi connectivity index (χ0v) is 31.4. The van der Waals surface area contributed by atoms with E-state index in [-0.39, 0.29) is 31.1 Å². The zero-order valence-electron chi connectivity index (χ0n) is 30.7. The molecule has 4 N–H and O–H groups in total. The lowest BCUT2D eigenvalue weighted by Gasteiger charge is -2.42. The summed E-state index contributed by atoms with van der Waals surface area (Å²) >= 11 is 6.10. The van der Waals surface area contributed by atoms with Crippen LogP contribution in [0.5, 0.6) is 0 Å². The standard InChI is InChI=1S/C44H51ClN2O7/c45-37-21-19-36(20-22-37)44(52)23-25-47(26-24-44)29-38-27-40(33-13-11-31(30-48)12-14-33)54-43(53-38)34-17-15-32(16-18-34)39-8-6-5-7-35(39)28-46-41(49)9-3-1-2-4-10-42(50)51/h5-8,11-22,38,40,43,48,52H,1-4,9-10,23-30H2,(H,46,49)(H,50,51). The number of aliphatic carboxylic acids is 1. The van der Waals surface area contributed by atoms with Gasteiger partial charge >= 0.3 is 5.97 Å². The number of carbonyl (C=O) groups is 2. The van der Waals surface area contributed by atoms with Crippen LogP contribution >= 0.6 is 11.6 Å². The molecule has 3 unspecified atom stereocenters. The van der Waals surface area contributed by atoms with Crippen molar-refractivity contribution in [3.05, 3.63) is 130 Å². The molecule has 0 saturated carbocycles. The van der Waals surface area contributed by atoms with E-state index in [0.717, 1.165) is 71.3 Å². The van der Waals surface area contributed by atoms with Crippen molar-refractivity contribution in [2.45, 2.75) is 95.0 Å². The van der Waals surface area contributed by atoms with Crippen molar-refractivity contribution in [2.24, 2.45) is 0 Å². The Morgan fingerprint density at radius 1 is 0.815 bits per heavy atom. The van der Waals surface area contributed by atoms with Crippen LogP contribution in [0.1, 0.15) is 98.0 Å². The summed E-state index contributed by atoms with van der Waals surface area (Å²) in [6.07, 6.45) is 4.63. The zero-order chi connectivity index (χ0) is 37.9. The number of unbranched alkanes of at least 4 members (excludes halogenated alkanes) is 3. The monoisotopic (exact) mass is 754 g/mol. The van der Waals surface area contributed by atoms with Gasteiger partial charge in [-0.1, -0.05) is 109 Å². The summed E-state index contributed by atoms with van der Waals surface area (Å²) in [5, 5.41) is 33.6. The van der Waals surface area contributed by atoms with Gasteiger partial charge in [0.1, 0.15) is 0 Å². The summed E-state index contributed by atoms with van der Waals surface area (Å²) in [6, 6.07) is 31.6. The molecule has 0 aliphatic carbocycles. The Labute approximate surface area is 322 Å². The second kappa shape index (κ2) is 19.0. The van der Waals surface area contributed by atoms with Gasteiger partial charge in [-0.05, 0) is 71.2 Å². The first-order valence-corrected chi connectivity index (χ1v) is 19.4. The van der Waals surface area contributed by atoms with Crippen LogP contribution in [-0.4, -0.2) is 57.8 Å². The molecule has 6 rings (SSSR count). The molecular weight excluding hydrogens is 704 g/mol. The summed E-state index contributed by atoms with van der Waals surface area (Å²) in [4.78, 5) is 25.6. The van der Waals surface area contributed by atoms with Gasteiger partial charge < -0.3 is 35.0 Å². The van der Waals surface area contributed by atoms with Crippen LogP contribution in [0.15, 0.2) is 97.1 Å². The van der Waals surface area contributed by atoms with Gasteiger partial charge in [0.25, 0.3) is 0 Å².